The lowest BCUT2D eigenvalue weighted by molar-refractivity contribution is -0.114. The van der Waals surface area contributed by atoms with Crippen molar-refractivity contribution in [2.75, 3.05) is 41.7 Å². The Labute approximate surface area is 211 Å². The maximum atomic E-state index is 13.4. The van der Waals surface area contributed by atoms with Crippen LogP contribution in [0.4, 0.5) is 17.1 Å². The van der Waals surface area contributed by atoms with E-state index >= 15 is 0 Å². The highest BCUT2D eigenvalue weighted by molar-refractivity contribution is 6.06. The molecule has 3 heterocycles. The Morgan fingerprint density at radius 2 is 1.56 bits per heavy atom. The van der Waals surface area contributed by atoms with E-state index in [9.17, 15) is 9.59 Å². The minimum atomic E-state index is -0.300. The zero-order chi connectivity index (χ0) is 24.9. The van der Waals surface area contributed by atoms with Crippen molar-refractivity contribution in [3.63, 3.8) is 0 Å². The van der Waals surface area contributed by atoms with Gasteiger partial charge in [0, 0.05) is 48.6 Å². The first-order valence-corrected chi connectivity index (χ1v) is 12.8. The number of hydrogen-bond donors (Lipinski definition) is 3. The molecule has 2 fully saturated rings. The maximum Gasteiger partial charge on any atom is 0.278 e. The van der Waals surface area contributed by atoms with Crippen molar-refractivity contribution in [2.45, 2.75) is 44.9 Å². The predicted molar refractivity (Wildman–Crippen MR) is 142 cm³/mol. The van der Waals surface area contributed by atoms with Crippen LogP contribution in [0.3, 0.4) is 0 Å². The number of rotatable bonds is 6. The number of oxazole rings is 1. The van der Waals surface area contributed by atoms with Gasteiger partial charge in [-0.25, -0.2) is 4.98 Å². The van der Waals surface area contributed by atoms with E-state index < -0.39 is 0 Å². The Bertz CT molecular complexity index is 1190. The monoisotopic (exact) mass is 487 g/mol. The Balaban J connectivity index is 1.38. The molecular weight excluding hydrogens is 454 g/mol. The lowest BCUT2D eigenvalue weighted by Crippen LogP contribution is -2.29. The van der Waals surface area contributed by atoms with Gasteiger partial charge < -0.3 is 25.3 Å². The molecular formula is C28H33N5O3. The molecule has 2 aliphatic rings. The second kappa shape index (κ2) is 11.0. The van der Waals surface area contributed by atoms with Crippen molar-refractivity contribution in [1.29, 1.82) is 0 Å². The summed E-state index contributed by atoms with van der Waals surface area (Å²) < 4.78 is 6.22. The summed E-state index contributed by atoms with van der Waals surface area (Å²) in [7, 11) is 0. The number of amides is 2. The van der Waals surface area contributed by atoms with E-state index in [1.165, 1.54) is 31.9 Å². The van der Waals surface area contributed by atoms with Crippen molar-refractivity contribution in [3.05, 3.63) is 60.1 Å². The quantitative estimate of drug-likeness (QED) is 0.452. The zero-order valence-corrected chi connectivity index (χ0v) is 20.7. The third-order valence-electron chi connectivity index (χ3n) is 6.86. The molecule has 0 unspecified atom stereocenters. The summed E-state index contributed by atoms with van der Waals surface area (Å²) in [5, 5.41) is 9.12. The van der Waals surface area contributed by atoms with Gasteiger partial charge in [-0.3, -0.25) is 9.59 Å². The van der Waals surface area contributed by atoms with Crippen LogP contribution in [0, 0.1) is 0 Å². The van der Waals surface area contributed by atoms with Crippen LogP contribution in [-0.2, 0) is 4.79 Å². The van der Waals surface area contributed by atoms with Crippen molar-refractivity contribution in [1.82, 2.24) is 10.3 Å². The number of benzene rings is 2. The molecule has 188 valence electrons. The Kier molecular flexibility index (Phi) is 7.32. The topological polar surface area (TPSA) is 99.5 Å². The summed E-state index contributed by atoms with van der Waals surface area (Å²) in [4.78, 5) is 31.8. The number of nitrogens with one attached hydrogen (secondary N) is 3. The highest BCUT2D eigenvalue weighted by Gasteiger charge is 2.27. The molecule has 0 bridgehead atoms. The molecule has 0 atom stereocenters. The van der Waals surface area contributed by atoms with E-state index in [4.69, 9.17) is 4.42 Å². The van der Waals surface area contributed by atoms with E-state index in [1.54, 1.807) is 12.1 Å². The fourth-order valence-electron chi connectivity index (χ4n) is 4.94. The summed E-state index contributed by atoms with van der Waals surface area (Å²) in [6.07, 6.45) is 5.57. The Morgan fingerprint density at radius 1 is 0.917 bits per heavy atom. The third-order valence-corrected chi connectivity index (χ3v) is 6.86. The maximum absolute atomic E-state index is 13.4. The van der Waals surface area contributed by atoms with Crippen LogP contribution >= 0.6 is 0 Å². The zero-order valence-electron chi connectivity index (χ0n) is 20.7. The number of piperidine rings is 2. The van der Waals surface area contributed by atoms with E-state index in [0.29, 0.717) is 17.3 Å². The highest BCUT2D eigenvalue weighted by atomic mass is 16.4. The fraction of sp³-hybridized carbons (Fsp3) is 0.393. The molecule has 3 N–H and O–H groups in total. The Hall–Kier alpha value is -3.65. The van der Waals surface area contributed by atoms with Gasteiger partial charge in [-0.15, -0.1) is 0 Å². The highest BCUT2D eigenvalue weighted by Crippen LogP contribution is 2.33. The first kappa shape index (κ1) is 24.1. The number of anilines is 3. The van der Waals surface area contributed by atoms with Gasteiger partial charge in [0.25, 0.3) is 5.91 Å². The molecule has 8 nitrogen and oxygen atoms in total. The van der Waals surface area contributed by atoms with Gasteiger partial charge in [-0.2, -0.15) is 0 Å². The molecule has 2 saturated heterocycles. The van der Waals surface area contributed by atoms with Crippen LogP contribution in [-0.4, -0.2) is 43.0 Å². The van der Waals surface area contributed by atoms with Crippen molar-refractivity contribution in [2.24, 2.45) is 0 Å². The van der Waals surface area contributed by atoms with Gasteiger partial charge in [0.1, 0.15) is 0 Å². The number of hydrogen-bond acceptors (Lipinski definition) is 6. The van der Waals surface area contributed by atoms with Crippen molar-refractivity contribution < 1.29 is 14.0 Å². The second-order valence-corrected chi connectivity index (χ2v) is 9.56. The van der Waals surface area contributed by atoms with Crippen molar-refractivity contribution in [3.8, 4) is 11.3 Å². The largest absolute Gasteiger partial charge is 0.440 e. The molecule has 1 aromatic heterocycles. The van der Waals surface area contributed by atoms with Crippen LogP contribution in [0.25, 0.3) is 11.3 Å². The molecule has 0 radical (unpaired) electrons. The standard InChI is InChI=1S/C28H33N5O3/c1-19(34)30-22-7-5-20(6-8-22)26-25(32-28(36-26)21-13-15-29-16-14-21)27(35)31-23-9-11-24(12-10-23)33-17-3-2-4-18-33/h5-12,21,29H,2-4,13-18H2,1H3,(H,30,34)(H,31,35). The average Bonchev–Trinajstić information content (AvgIpc) is 3.36. The molecule has 0 aliphatic carbocycles. The number of carbonyl (C=O) groups excluding carboxylic acids is 2. The molecule has 2 aliphatic heterocycles. The predicted octanol–water partition coefficient (Wildman–Crippen LogP) is 5.01. The number of carbonyl (C=O) groups is 2. The van der Waals surface area contributed by atoms with Crippen LogP contribution in [0.1, 0.15) is 61.3 Å². The molecule has 5 rings (SSSR count). The lowest BCUT2D eigenvalue weighted by atomic mass is 9.98. The summed E-state index contributed by atoms with van der Waals surface area (Å²) in [6.45, 7) is 5.43. The molecule has 0 spiro atoms. The first-order chi connectivity index (χ1) is 17.6. The lowest BCUT2D eigenvalue weighted by Gasteiger charge is -2.28. The normalized spacial score (nSPS) is 16.5. The van der Waals surface area contributed by atoms with Gasteiger partial charge in [0.2, 0.25) is 5.91 Å². The summed E-state index contributed by atoms with van der Waals surface area (Å²) >= 11 is 0. The fourth-order valence-corrected chi connectivity index (χ4v) is 4.94. The molecule has 8 heteroatoms. The first-order valence-electron chi connectivity index (χ1n) is 12.8. The van der Waals surface area contributed by atoms with Crippen LogP contribution in [0.15, 0.2) is 52.9 Å². The summed E-state index contributed by atoms with van der Waals surface area (Å²) in [6, 6.07) is 15.3. The number of aromatic nitrogens is 1. The van der Waals surface area contributed by atoms with Gasteiger partial charge in [0.05, 0.1) is 0 Å². The summed E-state index contributed by atoms with van der Waals surface area (Å²) in [5.41, 5.74) is 3.60. The molecule has 2 aromatic carbocycles. The molecule has 3 aromatic rings. The second-order valence-electron chi connectivity index (χ2n) is 9.56. The Morgan fingerprint density at radius 3 is 2.22 bits per heavy atom. The minimum Gasteiger partial charge on any atom is -0.440 e. The molecule has 0 saturated carbocycles. The SMILES string of the molecule is CC(=O)Nc1ccc(-c2oc(C3CCNCC3)nc2C(=O)Nc2ccc(N3CCCCC3)cc2)cc1. The van der Waals surface area contributed by atoms with Gasteiger partial charge in [-0.05, 0) is 93.7 Å². The van der Waals surface area contributed by atoms with E-state index in [0.717, 1.165) is 50.3 Å². The van der Waals surface area contributed by atoms with Crippen LogP contribution in [0.5, 0.6) is 0 Å². The molecule has 2 amide bonds. The third kappa shape index (κ3) is 5.60. The van der Waals surface area contributed by atoms with Gasteiger partial charge in [0.15, 0.2) is 17.3 Å². The van der Waals surface area contributed by atoms with Crippen LogP contribution < -0.4 is 20.9 Å². The van der Waals surface area contributed by atoms with E-state index in [-0.39, 0.29) is 23.4 Å². The van der Waals surface area contributed by atoms with Crippen LogP contribution in [0.2, 0.25) is 0 Å². The minimum absolute atomic E-state index is 0.137. The molecule has 36 heavy (non-hydrogen) atoms. The van der Waals surface area contributed by atoms with Crippen molar-refractivity contribution >= 4 is 28.9 Å². The van der Waals surface area contributed by atoms with Gasteiger partial charge >= 0.3 is 0 Å². The average molecular weight is 488 g/mol. The van der Waals surface area contributed by atoms with E-state index in [1.807, 2.05) is 24.3 Å². The smallest absolute Gasteiger partial charge is 0.278 e. The van der Waals surface area contributed by atoms with Gasteiger partial charge in [-0.1, -0.05) is 0 Å². The summed E-state index contributed by atoms with van der Waals surface area (Å²) in [5.74, 6) is 0.782. The number of nitrogens with zero attached hydrogens (tertiary/aromatic N) is 2. The van der Waals surface area contributed by atoms with E-state index in [2.05, 4.69) is 38.0 Å².